The summed E-state index contributed by atoms with van der Waals surface area (Å²) in [5.41, 5.74) is 0.267. The molecule has 0 aliphatic rings. The van der Waals surface area contributed by atoms with Crippen LogP contribution in [0.15, 0.2) is 72.0 Å². The Morgan fingerprint density at radius 3 is 2.58 bits per heavy atom. The largest absolute Gasteiger partial charge is 0.417 e. The van der Waals surface area contributed by atoms with Crippen molar-refractivity contribution in [2.24, 2.45) is 0 Å². The van der Waals surface area contributed by atoms with Gasteiger partial charge in [-0.25, -0.2) is 15.0 Å². The highest BCUT2D eigenvalue weighted by Crippen LogP contribution is 2.34. The average Bonchev–Trinajstić information content (AvgIpc) is 3.28. The fraction of sp³-hybridized carbons (Fsp3) is 0.130. The molecule has 0 amide bonds. The quantitative estimate of drug-likeness (QED) is 0.409. The lowest BCUT2D eigenvalue weighted by atomic mass is 10.0. The zero-order valence-electron chi connectivity index (χ0n) is 17.3. The molecule has 0 aliphatic heterocycles. The first-order valence-corrected chi connectivity index (χ1v) is 10.1. The van der Waals surface area contributed by atoms with Crippen molar-refractivity contribution in [1.82, 2.24) is 24.5 Å². The molecular formula is C23H17F3N6O. The van der Waals surface area contributed by atoms with Gasteiger partial charge >= 0.3 is 6.18 Å². The van der Waals surface area contributed by atoms with E-state index in [0.717, 1.165) is 6.07 Å². The number of fused-ring (bicyclic) bond motifs is 2. The van der Waals surface area contributed by atoms with E-state index in [1.807, 2.05) is 0 Å². The molecule has 0 spiro atoms. The van der Waals surface area contributed by atoms with Crippen LogP contribution < -0.4 is 10.9 Å². The summed E-state index contributed by atoms with van der Waals surface area (Å²) in [6.07, 6.45) is -1.80. The van der Waals surface area contributed by atoms with E-state index < -0.39 is 23.3 Å². The van der Waals surface area contributed by atoms with E-state index in [1.165, 1.54) is 29.4 Å². The molecule has 0 radical (unpaired) electrons. The first-order valence-electron chi connectivity index (χ1n) is 10.1. The Hall–Kier alpha value is -4.21. The first kappa shape index (κ1) is 20.7. The fourth-order valence-electron chi connectivity index (χ4n) is 3.93. The molecule has 0 fully saturated rings. The predicted molar refractivity (Wildman–Crippen MR) is 118 cm³/mol. The van der Waals surface area contributed by atoms with Crippen LogP contribution in [0.2, 0.25) is 0 Å². The van der Waals surface area contributed by atoms with Crippen LogP contribution >= 0.6 is 0 Å². The average molecular weight is 450 g/mol. The van der Waals surface area contributed by atoms with Crippen molar-refractivity contribution in [3.63, 3.8) is 0 Å². The standard InChI is InChI=1S/C23H17F3N6O/c1-13(31-21-19-20(28-11-27-19)29-12-30-21)17-10-14-6-5-9-16(23(24,25)26)18(14)22(33)32(17)15-7-3-2-4-8-15/h2-13H,1H3,(H2,27,28,29,30,31)/t13-/m0/s1. The van der Waals surface area contributed by atoms with Crippen LogP contribution in [0.1, 0.15) is 24.2 Å². The van der Waals surface area contributed by atoms with Gasteiger partial charge in [-0.1, -0.05) is 30.3 Å². The molecule has 5 rings (SSSR count). The molecule has 33 heavy (non-hydrogen) atoms. The van der Waals surface area contributed by atoms with Gasteiger partial charge in [-0.2, -0.15) is 13.2 Å². The Kier molecular flexibility index (Phi) is 4.85. The minimum atomic E-state index is -4.66. The second kappa shape index (κ2) is 7.73. The van der Waals surface area contributed by atoms with Crippen LogP contribution in [0.3, 0.4) is 0 Å². The van der Waals surface area contributed by atoms with Gasteiger partial charge in [-0.15, -0.1) is 0 Å². The molecule has 0 unspecified atom stereocenters. The van der Waals surface area contributed by atoms with Gasteiger partial charge in [0.2, 0.25) is 0 Å². The predicted octanol–water partition coefficient (Wildman–Crippen LogP) is 4.85. The van der Waals surface area contributed by atoms with Crippen LogP contribution in [-0.4, -0.2) is 24.5 Å². The summed E-state index contributed by atoms with van der Waals surface area (Å²) in [5, 5.41) is 3.05. The Morgan fingerprint density at radius 1 is 1.03 bits per heavy atom. The molecule has 0 saturated carbocycles. The zero-order chi connectivity index (χ0) is 23.2. The molecule has 7 nitrogen and oxygen atoms in total. The van der Waals surface area contributed by atoms with E-state index in [4.69, 9.17) is 0 Å². The first-order chi connectivity index (χ1) is 15.8. The lowest BCUT2D eigenvalue weighted by Crippen LogP contribution is -2.27. The number of aromatic amines is 1. The third-order valence-corrected chi connectivity index (χ3v) is 5.41. The van der Waals surface area contributed by atoms with E-state index in [0.29, 0.717) is 28.4 Å². The van der Waals surface area contributed by atoms with Crippen LogP contribution in [0.4, 0.5) is 19.0 Å². The van der Waals surface area contributed by atoms with Crippen molar-refractivity contribution < 1.29 is 13.2 Å². The topological polar surface area (TPSA) is 88.5 Å². The normalized spacial score (nSPS) is 12.8. The van der Waals surface area contributed by atoms with Crippen molar-refractivity contribution in [2.75, 3.05) is 5.32 Å². The van der Waals surface area contributed by atoms with Crippen molar-refractivity contribution in [2.45, 2.75) is 19.1 Å². The molecule has 3 aromatic heterocycles. The molecule has 2 N–H and O–H groups in total. The number of anilines is 1. The zero-order valence-corrected chi connectivity index (χ0v) is 17.3. The number of alkyl halides is 3. The van der Waals surface area contributed by atoms with Gasteiger partial charge in [0.1, 0.15) is 11.8 Å². The number of hydrogen-bond acceptors (Lipinski definition) is 5. The van der Waals surface area contributed by atoms with Gasteiger partial charge in [0.05, 0.1) is 23.3 Å². The minimum Gasteiger partial charge on any atom is -0.360 e. The smallest absolute Gasteiger partial charge is 0.360 e. The summed E-state index contributed by atoms with van der Waals surface area (Å²) < 4.78 is 42.4. The summed E-state index contributed by atoms with van der Waals surface area (Å²) in [6.45, 7) is 1.80. The third kappa shape index (κ3) is 3.59. The monoisotopic (exact) mass is 450 g/mol. The highest BCUT2D eigenvalue weighted by Gasteiger charge is 2.34. The number of rotatable bonds is 4. The van der Waals surface area contributed by atoms with Gasteiger partial charge < -0.3 is 10.3 Å². The van der Waals surface area contributed by atoms with Gasteiger partial charge in [0, 0.05) is 11.4 Å². The number of aromatic nitrogens is 5. The number of nitrogens with one attached hydrogen (secondary N) is 2. The summed E-state index contributed by atoms with van der Waals surface area (Å²) in [5.74, 6) is 0.435. The highest BCUT2D eigenvalue weighted by molar-refractivity contribution is 5.87. The Labute approximate surface area is 185 Å². The lowest BCUT2D eigenvalue weighted by Gasteiger charge is -2.22. The molecule has 10 heteroatoms. The number of para-hydroxylation sites is 1. The van der Waals surface area contributed by atoms with Gasteiger partial charge in [0.25, 0.3) is 5.56 Å². The molecule has 0 saturated heterocycles. The Morgan fingerprint density at radius 2 is 1.82 bits per heavy atom. The molecule has 2 aromatic carbocycles. The molecule has 166 valence electrons. The summed E-state index contributed by atoms with van der Waals surface area (Å²) in [6, 6.07) is 13.4. The molecule has 0 bridgehead atoms. The number of pyridine rings is 1. The van der Waals surface area contributed by atoms with Gasteiger partial charge in [0.15, 0.2) is 11.5 Å². The van der Waals surface area contributed by atoms with Gasteiger partial charge in [-0.3, -0.25) is 9.36 Å². The van der Waals surface area contributed by atoms with Crippen molar-refractivity contribution in [3.05, 3.63) is 88.9 Å². The molecule has 1 atom stereocenters. The Bertz CT molecular complexity index is 1520. The fourth-order valence-corrected chi connectivity index (χ4v) is 3.93. The summed E-state index contributed by atoms with van der Waals surface area (Å²) in [7, 11) is 0. The van der Waals surface area contributed by atoms with Crippen molar-refractivity contribution in [3.8, 4) is 5.69 Å². The maximum atomic E-state index is 13.7. The summed E-state index contributed by atoms with van der Waals surface area (Å²) in [4.78, 5) is 29.0. The van der Waals surface area contributed by atoms with Crippen LogP contribution in [0.25, 0.3) is 27.6 Å². The SMILES string of the molecule is C[C@H](Nc1ncnc2[nH]cnc12)c1cc2cccc(C(F)(F)F)c2c(=O)n1-c1ccccc1. The molecule has 3 heterocycles. The van der Waals surface area contributed by atoms with Crippen LogP contribution in [0.5, 0.6) is 0 Å². The number of hydrogen-bond donors (Lipinski definition) is 2. The number of imidazole rings is 1. The van der Waals surface area contributed by atoms with E-state index >= 15 is 0 Å². The maximum Gasteiger partial charge on any atom is 0.417 e. The minimum absolute atomic E-state index is 0.207. The molecule has 0 aliphatic carbocycles. The van der Waals surface area contributed by atoms with Crippen molar-refractivity contribution >= 4 is 27.8 Å². The molecule has 5 aromatic rings. The van der Waals surface area contributed by atoms with E-state index in [-0.39, 0.29) is 10.8 Å². The lowest BCUT2D eigenvalue weighted by molar-refractivity contribution is -0.136. The number of benzene rings is 2. The van der Waals surface area contributed by atoms with Crippen LogP contribution in [0, 0.1) is 0 Å². The second-order valence-electron chi connectivity index (χ2n) is 7.50. The molecular weight excluding hydrogens is 433 g/mol. The van der Waals surface area contributed by atoms with E-state index in [2.05, 4.69) is 25.3 Å². The number of halogens is 3. The van der Waals surface area contributed by atoms with Gasteiger partial charge in [-0.05, 0) is 36.6 Å². The van der Waals surface area contributed by atoms with Crippen LogP contribution in [-0.2, 0) is 6.18 Å². The third-order valence-electron chi connectivity index (χ3n) is 5.41. The van der Waals surface area contributed by atoms with Crippen molar-refractivity contribution in [1.29, 1.82) is 0 Å². The number of H-pyrrole nitrogens is 1. The van der Waals surface area contributed by atoms with E-state index in [1.54, 1.807) is 43.3 Å². The summed E-state index contributed by atoms with van der Waals surface area (Å²) >= 11 is 0. The Balaban J connectivity index is 1.74. The highest BCUT2D eigenvalue weighted by atomic mass is 19.4. The second-order valence-corrected chi connectivity index (χ2v) is 7.50. The number of nitrogens with zero attached hydrogens (tertiary/aromatic N) is 4. The maximum absolute atomic E-state index is 13.7. The van der Waals surface area contributed by atoms with E-state index in [9.17, 15) is 18.0 Å².